The second-order valence-corrected chi connectivity index (χ2v) is 6.47. The van der Waals surface area contributed by atoms with Crippen molar-refractivity contribution >= 4 is 16.9 Å². The SMILES string of the molecule is NC(=O)N1CCC(c2ccccc2)CC1c1c[nH]c2ccccc12. The standard InChI is InChI=1S/C20H21N3O/c21-20(24)23-11-10-15(14-6-2-1-3-7-14)12-19(23)17-13-22-18-9-5-4-8-16(17)18/h1-9,13,15,19,22H,10-12H2,(H2,21,24). The highest BCUT2D eigenvalue weighted by Crippen LogP contribution is 2.41. The average Bonchev–Trinajstić information content (AvgIpc) is 3.06. The van der Waals surface area contributed by atoms with E-state index in [4.69, 9.17) is 5.73 Å². The minimum absolute atomic E-state index is 0.0117. The van der Waals surface area contributed by atoms with Gasteiger partial charge in [-0.3, -0.25) is 0 Å². The highest BCUT2D eigenvalue weighted by Gasteiger charge is 2.33. The number of H-pyrrole nitrogens is 1. The number of benzene rings is 2. The fraction of sp³-hybridized carbons (Fsp3) is 0.250. The molecule has 1 aromatic heterocycles. The van der Waals surface area contributed by atoms with Gasteiger partial charge in [0.15, 0.2) is 0 Å². The van der Waals surface area contributed by atoms with E-state index in [1.54, 1.807) is 0 Å². The van der Waals surface area contributed by atoms with Crippen LogP contribution in [0.5, 0.6) is 0 Å². The van der Waals surface area contributed by atoms with Gasteiger partial charge in [0.2, 0.25) is 0 Å². The number of piperidine rings is 1. The van der Waals surface area contributed by atoms with Crippen LogP contribution in [-0.4, -0.2) is 22.5 Å². The number of hydrogen-bond acceptors (Lipinski definition) is 1. The first-order chi connectivity index (χ1) is 11.7. The zero-order chi connectivity index (χ0) is 16.5. The van der Waals surface area contributed by atoms with Crippen molar-refractivity contribution in [3.8, 4) is 0 Å². The number of likely N-dealkylation sites (tertiary alicyclic amines) is 1. The van der Waals surface area contributed by atoms with Gasteiger partial charge >= 0.3 is 6.03 Å². The lowest BCUT2D eigenvalue weighted by Crippen LogP contribution is -2.43. The number of nitrogens with zero attached hydrogens (tertiary/aromatic N) is 1. The molecule has 3 aromatic rings. The van der Waals surface area contributed by atoms with Gasteiger partial charge in [0, 0.05) is 23.6 Å². The van der Waals surface area contributed by atoms with Crippen LogP contribution in [0.4, 0.5) is 4.79 Å². The number of para-hydroxylation sites is 1. The summed E-state index contributed by atoms with van der Waals surface area (Å²) in [6.45, 7) is 0.694. The monoisotopic (exact) mass is 319 g/mol. The van der Waals surface area contributed by atoms with Crippen LogP contribution in [0.2, 0.25) is 0 Å². The van der Waals surface area contributed by atoms with Gasteiger partial charge in [-0.2, -0.15) is 0 Å². The van der Waals surface area contributed by atoms with Crippen LogP contribution in [0.1, 0.15) is 35.9 Å². The lowest BCUT2D eigenvalue weighted by Gasteiger charge is -2.38. The molecule has 0 radical (unpaired) electrons. The normalized spacial score (nSPS) is 21.1. The summed E-state index contributed by atoms with van der Waals surface area (Å²) in [4.78, 5) is 17.1. The second kappa shape index (κ2) is 6.04. The summed E-state index contributed by atoms with van der Waals surface area (Å²) in [6.07, 6.45) is 3.87. The Morgan fingerprint density at radius 1 is 1.08 bits per heavy atom. The van der Waals surface area contributed by atoms with Crippen molar-refractivity contribution in [3.05, 3.63) is 71.9 Å². The molecule has 0 bridgehead atoms. The number of rotatable bonds is 2. The number of carbonyl (C=O) groups excluding carboxylic acids is 1. The van der Waals surface area contributed by atoms with E-state index in [1.165, 1.54) is 10.9 Å². The Morgan fingerprint density at radius 2 is 1.83 bits per heavy atom. The topological polar surface area (TPSA) is 62.1 Å². The molecule has 1 fully saturated rings. The molecule has 2 heterocycles. The molecule has 4 heteroatoms. The van der Waals surface area contributed by atoms with Gasteiger partial charge in [-0.05, 0) is 36.0 Å². The number of hydrogen-bond donors (Lipinski definition) is 2. The van der Waals surface area contributed by atoms with Crippen LogP contribution in [0, 0.1) is 0 Å². The third kappa shape index (κ3) is 2.54. The Labute approximate surface area is 141 Å². The molecule has 2 amide bonds. The fourth-order valence-corrected chi connectivity index (χ4v) is 3.92. The molecule has 4 nitrogen and oxygen atoms in total. The molecule has 122 valence electrons. The van der Waals surface area contributed by atoms with E-state index in [0.717, 1.165) is 23.9 Å². The molecular formula is C20H21N3O. The van der Waals surface area contributed by atoms with E-state index in [0.29, 0.717) is 12.5 Å². The van der Waals surface area contributed by atoms with Crippen molar-refractivity contribution in [2.24, 2.45) is 5.73 Å². The van der Waals surface area contributed by atoms with Crippen molar-refractivity contribution in [1.29, 1.82) is 0 Å². The minimum atomic E-state index is -0.336. The van der Waals surface area contributed by atoms with Gasteiger partial charge in [-0.1, -0.05) is 48.5 Å². The van der Waals surface area contributed by atoms with Crippen molar-refractivity contribution in [3.63, 3.8) is 0 Å². The number of aromatic amines is 1. The molecule has 0 spiro atoms. The number of fused-ring (bicyclic) bond motifs is 1. The number of nitrogens with one attached hydrogen (secondary N) is 1. The predicted molar refractivity (Wildman–Crippen MR) is 95.7 cm³/mol. The highest BCUT2D eigenvalue weighted by atomic mass is 16.2. The van der Waals surface area contributed by atoms with E-state index in [1.807, 2.05) is 29.3 Å². The summed E-state index contributed by atoms with van der Waals surface area (Å²) in [5.41, 5.74) is 9.26. The van der Waals surface area contributed by atoms with E-state index in [-0.39, 0.29) is 12.1 Å². The maximum Gasteiger partial charge on any atom is 0.315 e. The van der Waals surface area contributed by atoms with Crippen molar-refractivity contribution in [1.82, 2.24) is 9.88 Å². The third-order valence-electron chi connectivity index (χ3n) is 5.14. The van der Waals surface area contributed by atoms with Crippen molar-refractivity contribution in [2.75, 3.05) is 6.54 Å². The molecule has 3 N–H and O–H groups in total. The van der Waals surface area contributed by atoms with Crippen LogP contribution in [-0.2, 0) is 0 Å². The summed E-state index contributed by atoms with van der Waals surface area (Å²) in [5.74, 6) is 0.445. The Hall–Kier alpha value is -2.75. The number of carbonyl (C=O) groups is 1. The third-order valence-corrected chi connectivity index (χ3v) is 5.14. The predicted octanol–water partition coefficient (Wildman–Crippen LogP) is 4.17. The van der Waals surface area contributed by atoms with E-state index in [2.05, 4.69) is 41.4 Å². The summed E-state index contributed by atoms with van der Waals surface area (Å²) < 4.78 is 0. The Balaban J connectivity index is 1.72. The Kier molecular flexibility index (Phi) is 3.73. The van der Waals surface area contributed by atoms with Gasteiger partial charge < -0.3 is 15.6 Å². The molecule has 1 saturated heterocycles. The molecule has 2 aromatic carbocycles. The number of urea groups is 1. The molecule has 1 aliphatic heterocycles. The Bertz CT molecular complexity index is 855. The first kappa shape index (κ1) is 14.8. The quantitative estimate of drug-likeness (QED) is 0.731. The highest BCUT2D eigenvalue weighted by molar-refractivity contribution is 5.84. The smallest absolute Gasteiger partial charge is 0.315 e. The van der Waals surface area contributed by atoms with Crippen LogP contribution in [0.15, 0.2) is 60.8 Å². The molecule has 2 atom stereocenters. The summed E-state index contributed by atoms with van der Waals surface area (Å²) in [5, 5.41) is 1.17. The largest absolute Gasteiger partial charge is 0.361 e. The first-order valence-electron chi connectivity index (χ1n) is 8.41. The van der Waals surface area contributed by atoms with Crippen molar-refractivity contribution in [2.45, 2.75) is 24.8 Å². The van der Waals surface area contributed by atoms with E-state index in [9.17, 15) is 4.79 Å². The summed E-state index contributed by atoms with van der Waals surface area (Å²) in [6, 6.07) is 18.4. The Morgan fingerprint density at radius 3 is 2.62 bits per heavy atom. The molecule has 1 aliphatic rings. The molecular weight excluding hydrogens is 298 g/mol. The van der Waals surface area contributed by atoms with Gasteiger partial charge in [-0.25, -0.2) is 4.79 Å². The van der Waals surface area contributed by atoms with E-state index >= 15 is 0 Å². The summed E-state index contributed by atoms with van der Waals surface area (Å²) >= 11 is 0. The van der Waals surface area contributed by atoms with Gasteiger partial charge in [-0.15, -0.1) is 0 Å². The lowest BCUT2D eigenvalue weighted by atomic mass is 9.83. The average molecular weight is 319 g/mol. The van der Waals surface area contributed by atoms with E-state index < -0.39 is 0 Å². The number of amides is 2. The summed E-state index contributed by atoms with van der Waals surface area (Å²) in [7, 11) is 0. The number of primary amides is 1. The van der Waals surface area contributed by atoms with Gasteiger partial charge in [0.1, 0.15) is 0 Å². The van der Waals surface area contributed by atoms with Crippen LogP contribution < -0.4 is 5.73 Å². The van der Waals surface area contributed by atoms with Crippen LogP contribution in [0.25, 0.3) is 10.9 Å². The molecule has 24 heavy (non-hydrogen) atoms. The molecule has 2 unspecified atom stereocenters. The van der Waals surface area contributed by atoms with Gasteiger partial charge in [0.25, 0.3) is 0 Å². The fourth-order valence-electron chi connectivity index (χ4n) is 3.92. The minimum Gasteiger partial charge on any atom is -0.361 e. The number of nitrogens with two attached hydrogens (primary N) is 1. The zero-order valence-electron chi connectivity index (χ0n) is 13.5. The van der Waals surface area contributed by atoms with Crippen LogP contribution >= 0.6 is 0 Å². The second-order valence-electron chi connectivity index (χ2n) is 6.47. The molecule has 4 rings (SSSR count). The van der Waals surface area contributed by atoms with Gasteiger partial charge in [0.05, 0.1) is 6.04 Å². The number of aromatic nitrogens is 1. The van der Waals surface area contributed by atoms with Crippen molar-refractivity contribution < 1.29 is 4.79 Å². The molecule has 0 saturated carbocycles. The van der Waals surface area contributed by atoms with Crippen LogP contribution in [0.3, 0.4) is 0 Å². The lowest BCUT2D eigenvalue weighted by molar-refractivity contribution is 0.151. The first-order valence-corrected chi connectivity index (χ1v) is 8.41. The molecule has 0 aliphatic carbocycles. The maximum absolute atomic E-state index is 12.0. The maximum atomic E-state index is 12.0. The zero-order valence-corrected chi connectivity index (χ0v) is 13.5.